The number of aryl methyl sites for hydroxylation is 4. The predicted molar refractivity (Wildman–Crippen MR) is 84.8 cm³/mol. The fraction of sp³-hybridized carbons (Fsp3) is 0.235. The average molecular weight is 288 g/mol. The molecule has 2 aromatic rings. The molecular formula is C17H18ClNO. The Balaban J connectivity index is 2.36. The lowest BCUT2D eigenvalue weighted by atomic mass is 9.99. The van der Waals surface area contributed by atoms with Gasteiger partial charge in [0.05, 0.1) is 0 Å². The van der Waals surface area contributed by atoms with Gasteiger partial charge in [-0.1, -0.05) is 35.4 Å². The maximum atomic E-state index is 12.5. The van der Waals surface area contributed by atoms with Gasteiger partial charge in [0.15, 0.2) is 0 Å². The quantitative estimate of drug-likeness (QED) is 0.842. The van der Waals surface area contributed by atoms with E-state index in [0.717, 1.165) is 33.5 Å². The number of carbonyl (C=O) groups excluding carboxylic acids is 1. The van der Waals surface area contributed by atoms with Gasteiger partial charge in [-0.15, -0.1) is 0 Å². The van der Waals surface area contributed by atoms with Crippen LogP contribution in [0.1, 0.15) is 32.6 Å². The first kappa shape index (κ1) is 14.6. The van der Waals surface area contributed by atoms with Crippen molar-refractivity contribution >= 4 is 23.2 Å². The maximum absolute atomic E-state index is 12.5. The summed E-state index contributed by atoms with van der Waals surface area (Å²) in [7, 11) is 0. The molecule has 0 aromatic heterocycles. The van der Waals surface area contributed by atoms with Crippen molar-refractivity contribution < 1.29 is 4.79 Å². The molecule has 0 aliphatic rings. The van der Waals surface area contributed by atoms with Gasteiger partial charge in [0.2, 0.25) is 0 Å². The molecule has 1 N–H and O–H groups in total. The van der Waals surface area contributed by atoms with Crippen molar-refractivity contribution in [3.05, 3.63) is 63.2 Å². The van der Waals surface area contributed by atoms with Crippen molar-refractivity contribution in [1.82, 2.24) is 0 Å². The van der Waals surface area contributed by atoms with E-state index in [2.05, 4.69) is 5.32 Å². The Hall–Kier alpha value is -1.80. The highest BCUT2D eigenvalue weighted by Gasteiger charge is 2.14. The summed E-state index contributed by atoms with van der Waals surface area (Å²) in [5.41, 5.74) is 5.61. The number of nitrogens with one attached hydrogen (secondary N) is 1. The first-order valence-corrected chi connectivity index (χ1v) is 6.91. The van der Waals surface area contributed by atoms with Crippen LogP contribution in [-0.2, 0) is 0 Å². The van der Waals surface area contributed by atoms with E-state index in [1.165, 1.54) is 0 Å². The summed E-state index contributed by atoms with van der Waals surface area (Å²) in [6, 6.07) is 9.52. The summed E-state index contributed by atoms with van der Waals surface area (Å²) in [5, 5.41) is 3.56. The van der Waals surface area contributed by atoms with Gasteiger partial charge in [-0.05, 0) is 56.5 Å². The van der Waals surface area contributed by atoms with Crippen molar-refractivity contribution in [3.8, 4) is 0 Å². The SMILES string of the molecule is Cc1cc(C)c(C(=O)Nc2cc(Cl)ccc2C)c(C)c1. The fourth-order valence-corrected chi connectivity index (χ4v) is 2.62. The summed E-state index contributed by atoms with van der Waals surface area (Å²) in [6.07, 6.45) is 0. The zero-order chi connectivity index (χ0) is 14.9. The summed E-state index contributed by atoms with van der Waals surface area (Å²) in [5.74, 6) is -0.0923. The van der Waals surface area contributed by atoms with Gasteiger partial charge in [-0.3, -0.25) is 4.79 Å². The molecule has 0 aliphatic carbocycles. The highest BCUT2D eigenvalue weighted by atomic mass is 35.5. The molecule has 0 atom stereocenters. The molecule has 0 fully saturated rings. The first-order valence-electron chi connectivity index (χ1n) is 6.54. The second-order valence-electron chi connectivity index (χ2n) is 5.19. The minimum Gasteiger partial charge on any atom is -0.322 e. The monoisotopic (exact) mass is 287 g/mol. The number of anilines is 1. The summed E-state index contributed by atoms with van der Waals surface area (Å²) in [6.45, 7) is 7.89. The molecule has 0 saturated heterocycles. The largest absolute Gasteiger partial charge is 0.322 e. The highest BCUT2D eigenvalue weighted by Crippen LogP contribution is 2.23. The topological polar surface area (TPSA) is 29.1 Å². The van der Waals surface area contributed by atoms with Crippen LogP contribution in [-0.4, -0.2) is 5.91 Å². The van der Waals surface area contributed by atoms with Gasteiger partial charge in [-0.2, -0.15) is 0 Å². The summed E-state index contributed by atoms with van der Waals surface area (Å²) >= 11 is 5.98. The Morgan fingerprint density at radius 2 is 1.55 bits per heavy atom. The van der Waals surface area contributed by atoms with Crippen molar-refractivity contribution in [1.29, 1.82) is 0 Å². The molecule has 104 valence electrons. The van der Waals surface area contributed by atoms with Gasteiger partial charge in [-0.25, -0.2) is 0 Å². The molecule has 1 amide bonds. The van der Waals surface area contributed by atoms with Crippen molar-refractivity contribution in [2.24, 2.45) is 0 Å². The second kappa shape index (κ2) is 5.68. The fourth-order valence-electron chi connectivity index (χ4n) is 2.45. The van der Waals surface area contributed by atoms with Crippen molar-refractivity contribution in [2.45, 2.75) is 27.7 Å². The van der Waals surface area contributed by atoms with Crippen LogP contribution in [0.2, 0.25) is 5.02 Å². The van der Waals surface area contributed by atoms with Crippen LogP contribution in [0.4, 0.5) is 5.69 Å². The molecule has 20 heavy (non-hydrogen) atoms. The molecule has 0 bridgehead atoms. The highest BCUT2D eigenvalue weighted by molar-refractivity contribution is 6.31. The van der Waals surface area contributed by atoms with E-state index < -0.39 is 0 Å². The Kier molecular flexibility index (Phi) is 4.15. The van der Waals surface area contributed by atoms with Crippen molar-refractivity contribution in [3.63, 3.8) is 0 Å². The predicted octanol–water partition coefficient (Wildman–Crippen LogP) is 4.83. The Morgan fingerprint density at radius 1 is 0.950 bits per heavy atom. The first-order chi connectivity index (χ1) is 9.38. The maximum Gasteiger partial charge on any atom is 0.256 e. The molecule has 0 aliphatic heterocycles. The summed E-state index contributed by atoms with van der Waals surface area (Å²) in [4.78, 5) is 12.5. The molecule has 2 nitrogen and oxygen atoms in total. The van der Waals surface area contributed by atoms with E-state index in [0.29, 0.717) is 5.02 Å². The third-order valence-electron chi connectivity index (χ3n) is 3.35. The van der Waals surface area contributed by atoms with Gasteiger partial charge in [0.1, 0.15) is 0 Å². The minimum absolute atomic E-state index is 0.0923. The lowest BCUT2D eigenvalue weighted by Gasteiger charge is -2.13. The van der Waals surface area contributed by atoms with Crippen LogP contribution in [0.15, 0.2) is 30.3 Å². The Bertz CT molecular complexity index is 654. The van der Waals surface area contributed by atoms with Gasteiger partial charge in [0.25, 0.3) is 5.91 Å². The minimum atomic E-state index is -0.0923. The number of hydrogen-bond acceptors (Lipinski definition) is 1. The van der Waals surface area contributed by atoms with Crippen LogP contribution >= 0.6 is 11.6 Å². The van der Waals surface area contributed by atoms with E-state index in [-0.39, 0.29) is 5.91 Å². The molecule has 3 heteroatoms. The van der Waals surface area contributed by atoms with E-state index in [9.17, 15) is 4.79 Å². The molecule has 2 rings (SSSR count). The van der Waals surface area contributed by atoms with Crippen LogP contribution in [0.5, 0.6) is 0 Å². The van der Waals surface area contributed by atoms with Crippen LogP contribution < -0.4 is 5.32 Å². The van der Waals surface area contributed by atoms with E-state index in [1.807, 2.05) is 52.0 Å². The Labute approximate surface area is 124 Å². The smallest absolute Gasteiger partial charge is 0.256 e. The number of carbonyl (C=O) groups is 1. The third kappa shape index (κ3) is 3.02. The standard InChI is InChI=1S/C17H18ClNO/c1-10-7-12(3)16(13(4)8-10)17(20)19-15-9-14(18)6-5-11(15)2/h5-9H,1-4H3,(H,19,20). The van der Waals surface area contributed by atoms with E-state index >= 15 is 0 Å². The summed E-state index contributed by atoms with van der Waals surface area (Å²) < 4.78 is 0. The van der Waals surface area contributed by atoms with Crippen LogP contribution in [0.25, 0.3) is 0 Å². The zero-order valence-electron chi connectivity index (χ0n) is 12.2. The van der Waals surface area contributed by atoms with Gasteiger partial charge in [0, 0.05) is 16.3 Å². The molecule has 0 unspecified atom stereocenters. The third-order valence-corrected chi connectivity index (χ3v) is 3.59. The van der Waals surface area contributed by atoms with Crippen LogP contribution in [0.3, 0.4) is 0 Å². The molecule has 0 radical (unpaired) electrons. The van der Waals surface area contributed by atoms with Gasteiger partial charge >= 0.3 is 0 Å². The molecule has 0 saturated carbocycles. The zero-order valence-corrected chi connectivity index (χ0v) is 12.9. The molecule has 2 aromatic carbocycles. The number of halogens is 1. The Morgan fingerprint density at radius 3 is 2.15 bits per heavy atom. The number of benzene rings is 2. The number of hydrogen-bond donors (Lipinski definition) is 1. The lowest BCUT2D eigenvalue weighted by molar-refractivity contribution is 0.102. The van der Waals surface area contributed by atoms with E-state index in [4.69, 9.17) is 11.6 Å². The molecule has 0 heterocycles. The van der Waals surface area contributed by atoms with Crippen molar-refractivity contribution in [2.75, 3.05) is 5.32 Å². The van der Waals surface area contributed by atoms with Gasteiger partial charge < -0.3 is 5.32 Å². The number of rotatable bonds is 2. The van der Waals surface area contributed by atoms with Crippen LogP contribution in [0, 0.1) is 27.7 Å². The normalized spacial score (nSPS) is 10.4. The number of amides is 1. The second-order valence-corrected chi connectivity index (χ2v) is 5.62. The molecular weight excluding hydrogens is 270 g/mol. The lowest BCUT2D eigenvalue weighted by Crippen LogP contribution is -2.16. The average Bonchev–Trinajstić information content (AvgIpc) is 2.32. The van der Waals surface area contributed by atoms with E-state index in [1.54, 1.807) is 6.07 Å². The molecule has 0 spiro atoms.